The molecular formula is C14H25NO. The Hall–Kier alpha value is -0.630. The highest BCUT2D eigenvalue weighted by Crippen LogP contribution is 2.23. The smallest absolute Gasteiger partial charge is 0.133 e. The number of carbonyl (C=O) groups is 1. The van der Waals surface area contributed by atoms with E-state index in [0.717, 1.165) is 38.8 Å². The zero-order chi connectivity index (χ0) is 11.8. The second-order valence-corrected chi connectivity index (χ2v) is 5.01. The highest BCUT2D eigenvalue weighted by Gasteiger charge is 2.21. The van der Waals surface area contributed by atoms with E-state index >= 15 is 0 Å². The SMILES string of the molecule is C=CCCCC(=O)CC(C)C1CCCNC1. The van der Waals surface area contributed by atoms with Crippen molar-refractivity contribution in [2.24, 2.45) is 11.8 Å². The molecular weight excluding hydrogens is 198 g/mol. The van der Waals surface area contributed by atoms with Gasteiger partial charge < -0.3 is 5.32 Å². The quantitative estimate of drug-likeness (QED) is 0.531. The third-order valence-corrected chi connectivity index (χ3v) is 3.55. The maximum absolute atomic E-state index is 11.7. The molecule has 2 nitrogen and oxygen atoms in total. The number of rotatable bonds is 7. The predicted octanol–water partition coefficient (Wildman–Crippen LogP) is 2.94. The zero-order valence-corrected chi connectivity index (χ0v) is 10.5. The van der Waals surface area contributed by atoms with E-state index in [4.69, 9.17) is 0 Å². The molecule has 1 aliphatic rings. The van der Waals surface area contributed by atoms with Crippen molar-refractivity contribution in [3.63, 3.8) is 0 Å². The first kappa shape index (κ1) is 13.4. The predicted molar refractivity (Wildman–Crippen MR) is 68.4 cm³/mol. The van der Waals surface area contributed by atoms with Gasteiger partial charge in [-0.1, -0.05) is 13.0 Å². The number of allylic oxidation sites excluding steroid dienone is 1. The minimum Gasteiger partial charge on any atom is -0.316 e. The fourth-order valence-corrected chi connectivity index (χ4v) is 2.44. The zero-order valence-electron chi connectivity index (χ0n) is 10.5. The maximum atomic E-state index is 11.7. The summed E-state index contributed by atoms with van der Waals surface area (Å²) >= 11 is 0. The second kappa shape index (κ2) is 7.61. The number of hydrogen-bond acceptors (Lipinski definition) is 2. The van der Waals surface area contributed by atoms with Crippen LogP contribution in [0.25, 0.3) is 0 Å². The summed E-state index contributed by atoms with van der Waals surface area (Å²) in [4.78, 5) is 11.7. The molecule has 0 saturated carbocycles. The summed E-state index contributed by atoms with van der Waals surface area (Å²) in [5.41, 5.74) is 0. The molecule has 0 aliphatic carbocycles. The summed E-state index contributed by atoms with van der Waals surface area (Å²) in [7, 11) is 0. The molecule has 0 aromatic carbocycles. The highest BCUT2D eigenvalue weighted by molar-refractivity contribution is 5.78. The van der Waals surface area contributed by atoms with Crippen LogP contribution in [0.2, 0.25) is 0 Å². The maximum Gasteiger partial charge on any atom is 0.133 e. The minimum atomic E-state index is 0.430. The lowest BCUT2D eigenvalue weighted by molar-refractivity contribution is -0.120. The molecule has 2 unspecified atom stereocenters. The van der Waals surface area contributed by atoms with Gasteiger partial charge in [-0.3, -0.25) is 4.79 Å². The number of hydrogen-bond donors (Lipinski definition) is 1. The van der Waals surface area contributed by atoms with Crippen molar-refractivity contribution in [2.45, 2.75) is 45.4 Å². The first-order valence-electron chi connectivity index (χ1n) is 6.57. The van der Waals surface area contributed by atoms with Crippen molar-refractivity contribution >= 4 is 5.78 Å². The number of ketones is 1. The van der Waals surface area contributed by atoms with Crippen LogP contribution in [-0.2, 0) is 4.79 Å². The number of piperidine rings is 1. The Labute approximate surface area is 99.5 Å². The molecule has 0 bridgehead atoms. The van der Waals surface area contributed by atoms with Gasteiger partial charge in [0.05, 0.1) is 0 Å². The van der Waals surface area contributed by atoms with E-state index < -0.39 is 0 Å². The van der Waals surface area contributed by atoms with Gasteiger partial charge >= 0.3 is 0 Å². The van der Waals surface area contributed by atoms with Crippen molar-refractivity contribution in [1.82, 2.24) is 5.32 Å². The van der Waals surface area contributed by atoms with Gasteiger partial charge in [0.1, 0.15) is 5.78 Å². The number of Topliss-reactive ketones (excluding diaryl/α,β-unsaturated/α-hetero) is 1. The van der Waals surface area contributed by atoms with Crippen molar-refractivity contribution in [3.8, 4) is 0 Å². The van der Waals surface area contributed by atoms with E-state index in [2.05, 4.69) is 18.8 Å². The molecule has 92 valence electrons. The van der Waals surface area contributed by atoms with Crippen molar-refractivity contribution < 1.29 is 4.79 Å². The summed E-state index contributed by atoms with van der Waals surface area (Å²) in [6, 6.07) is 0. The molecule has 0 spiro atoms. The normalized spacial score (nSPS) is 22.7. The van der Waals surface area contributed by atoms with E-state index in [1.54, 1.807) is 0 Å². The van der Waals surface area contributed by atoms with Gasteiger partial charge in [0, 0.05) is 12.8 Å². The second-order valence-electron chi connectivity index (χ2n) is 5.01. The number of unbranched alkanes of at least 4 members (excludes halogenated alkanes) is 1. The molecule has 0 amide bonds. The molecule has 1 saturated heterocycles. The summed E-state index contributed by atoms with van der Waals surface area (Å²) in [5, 5.41) is 3.42. The van der Waals surface area contributed by atoms with E-state index in [-0.39, 0.29) is 0 Å². The van der Waals surface area contributed by atoms with E-state index in [1.807, 2.05) is 6.08 Å². The number of nitrogens with one attached hydrogen (secondary N) is 1. The lowest BCUT2D eigenvalue weighted by Gasteiger charge is -2.27. The Balaban J connectivity index is 2.18. The van der Waals surface area contributed by atoms with Crippen LogP contribution in [0.15, 0.2) is 12.7 Å². The van der Waals surface area contributed by atoms with Gasteiger partial charge in [0.15, 0.2) is 0 Å². The van der Waals surface area contributed by atoms with E-state index in [1.165, 1.54) is 12.8 Å². The first-order chi connectivity index (χ1) is 7.74. The molecule has 1 heterocycles. The molecule has 1 aliphatic heterocycles. The average molecular weight is 223 g/mol. The van der Waals surface area contributed by atoms with Crippen LogP contribution in [0.5, 0.6) is 0 Å². The van der Waals surface area contributed by atoms with Gasteiger partial charge in [0.2, 0.25) is 0 Å². The molecule has 0 aromatic heterocycles. The lowest BCUT2D eigenvalue weighted by Crippen LogP contribution is -2.33. The van der Waals surface area contributed by atoms with Crippen LogP contribution < -0.4 is 5.32 Å². The minimum absolute atomic E-state index is 0.430. The van der Waals surface area contributed by atoms with Gasteiger partial charge in [0.25, 0.3) is 0 Å². The number of carbonyl (C=O) groups excluding carboxylic acids is 1. The summed E-state index contributed by atoms with van der Waals surface area (Å²) in [5.74, 6) is 1.68. The van der Waals surface area contributed by atoms with Gasteiger partial charge in [-0.2, -0.15) is 0 Å². The van der Waals surface area contributed by atoms with E-state index in [0.29, 0.717) is 17.6 Å². The van der Waals surface area contributed by atoms with Crippen LogP contribution >= 0.6 is 0 Å². The molecule has 16 heavy (non-hydrogen) atoms. The molecule has 2 atom stereocenters. The monoisotopic (exact) mass is 223 g/mol. The Bertz CT molecular complexity index is 219. The molecule has 1 N–H and O–H groups in total. The summed E-state index contributed by atoms with van der Waals surface area (Å²) < 4.78 is 0. The fourth-order valence-electron chi connectivity index (χ4n) is 2.44. The van der Waals surface area contributed by atoms with Crippen LogP contribution in [-0.4, -0.2) is 18.9 Å². The summed E-state index contributed by atoms with van der Waals surface area (Å²) in [6.45, 7) is 8.15. The third-order valence-electron chi connectivity index (χ3n) is 3.55. The highest BCUT2D eigenvalue weighted by atomic mass is 16.1. The Morgan fingerprint density at radius 3 is 3.06 bits per heavy atom. The standard InChI is InChI=1S/C14H25NO/c1-3-4-5-8-14(16)10-12(2)13-7-6-9-15-11-13/h3,12-13,15H,1,4-11H2,2H3. The molecule has 0 aromatic rings. The van der Waals surface area contributed by atoms with Gasteiger partial charge in [-0.15, -0.1) is 6.58 Å². The fraction of sp³-hybridized carbons (Fsp3) is 0.786. The van der Waals surface area contributed by atoms with Crippen LogP contribution in [0.3, 0.4) is 0 Å². The Morgan fingerprint density at radius 1 is 1.62 bits per heavy atom. The average Bonchev–Trinajstić information content (AvgIpc) is 2.30. The van der Waals surface area contributed by atoms with Crippen LogP contribution in [0.1, 0.15) is 45.4 Å². The van der Waals surface area contributed by atoms with Crippen molar-refractivity contribution in [3.05, 3.63) is 12.7 Å². The van der Waals surface area contributed by atoms with Crippen LogP contribution in [0.4, 0.5) is 0 Å². The molecule has 1 rings (SSSR count). The summed E-state index contributed by atoms with van der Waals surface area (Å²) in [6.07, 6.45) is 7.87. The molecule has 1 fully saturated rings. The largest absolute Gasteiger partial charge is 0.316 e. The topological polar surface area (TPSA) is 29.1 Å². The Morgan fingerprint density at radius 2 is 2.44 bits per heavy atom. The van der Waals surface area contributed by atoms with Crippen LogP contribution in [0, 0.1) is 11.8 Å². The van der Waals surface area contributed by atoms with Gasteiger partial charge in [-0.25, -0.2) is 0 Å². The van der Waals surface area contributed by atoms with Crippen molar-refractivity contribution in [2.75, 3.05) is 13.1 Å². The first-order valence-corrected chi connectivity index (χ1v) is 6.57. The molecule has 0 radical (unpaired) electrons. The lowest BCUT2D eigenvalue weighted by atomic mass is 9.84. The molecule has 2 heteroatoms. The van der Waals surface area contributed by atoms with Crippen molar-refractivity contribution in [1.29, 1.82) is 0 Å². The Kier molecular flexibility index (Phi) is 6.39. The van der Waals surface area contributed by atoms with Gasteiger partial charge in [-0.05, 0) is 50.6 Å². The van der Waals surface area contributed by atoms with E-state index in [9.17, 15) is 4.79 Å². The third kappa shape index (κ3) is 4.93.